The number of halogens is 1. The molecule has 3 saturated heterocycles. The standard InChI is InChI=1S/C21H20FN3O2/c1-13-3-9-16(10-4-13)25-20(26)17-18(14-5-7-15(22)8-6-14)23-11-2-12-24(23)19(17)21(25)27/h3-10,17-19H,2,11-12H2,1H3/t17-,18-,19-/m0/s1. The lowest BCUT2D eigenvalue weighted by atomic mass is 9.90. The summed E-state index contributed by atoms with van der Waals surface area (Å²) >= 11 is 0. The molecular formula is C21H20FN3O2. The maximum Gasteiger partial charge on any atom is 0.253 e. The van der Waals surface area contributed by atoms with Gasteiger partial charge in [-0.05, 0) is 43.2 Å². The molecule has 2 aromatic carbocycles. The lowest BCUT2D eigenvalue weighted by Gasteiger charge is -2.29. The highest BCUT2D eigenvalue weighted by Gasteiger charge is 2.62. The van der Waals surface area contributed by atoms with E-state index in [1.807, 2.05) is 36.2 Å². The van der Waals surface area contributed by atoms with Gasteiger partial charge in [-0.25, -0.2) is 19.3 Å². The van der Waals surface area contributed by atoms with Gasteiger partial charge in [-0.15, -0.1) is 0 Å². The quantitative estimate of drug-likeness (QED) is 0.768. The first kappa shape index (κ1) is 16.6. The van der Waals surface area contributed by atoms with Crippen LogP contribution in [0.5, 0.6) is 0 Å². The molecule has 0 aliphatic carbocycles. The van der Waals surface area contributed by atoms with Crippen LogP contribution < -0.4 is 4.90 Å². The van der Waals surface area contributed by atoms with Gasteiger partial charge in [0.05, 0.1) is 17.6 Å². The van der Waals surface area contributed by atoms with Gasteiger partial charge in [0.2, 0.25) is 5.91 Å². The summed E-state index contributed by atoms with van der Waals surface area (Å²) in [7, 11) is 0. The second kappa shape index (κ2) is 5.97. The van der Waals surface area contributed by atoms with Crippen molar-refractivity contribution >= 4 is 17.5 Å². The Labute approximate surface area is 156 Å². The van der Waals surface area contributed by atoms with E-state index in [0.717, 1.165) is 30.6 Å². The Morgan fingerprint density at radius 3 is 2.15 bits per heavy atom. The first-order valence-electron chi connectivity index (χ1n) is 9.29. The van der Waals surface area contributed by atoms with Gasteiger partial charge in [-0.3, -0.25) is 9.59 Å². The summed E-state index contributed by atoms with van der Waals surface area (Å²) in [5.74, 6) is -1.10. The summed E-state index contributed by atoms with van der Waals surface area (Å²) in [6.07, 6.45) is 0.951. The number of imide groups is 1. The van der Waals surface area contributed by atoms with E-state index in [1.54, 1.807) is 12.1 Å². The highest BCUT2D eigenvalue weighted by molar-refractivity contribution is 6.24. The van der Waals surface area contributed by atoms with Crippen molar-refractivity contribution in [2.24, 2.45) is 5.92 Å². The third-order valence-electron chi connectivity index (χ3n) is 5.91. The number of carbonyl (C=O) groups is 2. The van der Waals surface area contributed by atoms with E-state index in [9.17, 15) is 14.0 Å². The number of anilines is 1. The van der Waals surface area contributed by atoms with Gasteiger partial charge in [0.15, 0.2) is 0 Å². The molecule has 3 aliphatic rings. The van der Waals surface area contributed by atoms with Crippen LogP contribution in [0, 0.1) is 18.7 Å². The molecular weight excluding hydrogens is 345 g/mol. The maximum absolute atomic E-state index is 13.4. The van der Waals surface area contributed by atoms with Crippen molar-refractivity contribution in [1.29, 1.82) is 0 Å². The van der Waals surface area contributed by atoms with Crippen molar-refractivity contribution in [3.63, 3.8) is 0 Å². The molecule has 6 heteroatoms. The number of aryl methyl sites for hydroxylation is 1. The normalized spacial score (nSPS) is 28.1. The van der Waals surface area contributed by atoms with Crippen molar-refractivity contribution in [2.75, 3.05) is 18.0 Å². The van der Waals surface area contributed by atoms with E-state index in [4.69, 9.17) is 0 Å². The van der Waals surface area contributed by atoms with E-state index in [0.29, 0.717) is 5.69 Å². The molecule has 3 fully saturated rings. The summed E-state index contributed by atoms with van der Waals surface area (Å²) in [4.78, 5) is 27.9. The van der Waals surface area contributed by atoms with E-state index in [1.165, 1.54) is 17.0 Å². The van der Waals surface area contributed by atoms with Gasteiger partial charge in [0.25, 0.3) is 5.91 Å². The average Bonchev–Trinajstić information content (AvgIpc) is 3.30. The van der Waals surface area contributed by atoms with Crippen molar-refractivity contribution in [1.82, 2.24) is 10.0 Å². The molecule has 2 aromatic rings. The smallest absolute Gasteiger partial charge is 0.253 e. The van der Waals surface area contributed by atoms with Crippen LogP contribution in [0.1, 0.15) is 23.6 Å². The van der Waals surface area contributed by atoms with E-state index >= 15 is 0 Å². The van der Waals surface area contributed by atoms with Crippen LogP contribution >= 0.6 is 0 Å². The lowest BCUT2D eigenvalue weighted by molar-refractivity contribution is -0.126. The molecule has 0 saturated carbocycles. The van der Waals surface area contributed by atoms with Crippen molar-refractivity contribution in [3.05, 3.63) is 65.5 Å². The fourth-order valence-electron chi connectivity index (χ4n) is 4.72. The van der Waals surface area contributed by atoms with Gasteiger partial charge in [0, 0.05) is 13.1 Å². The summed E-state index contributed by atoms with van der Waals surface area (Å²) in [5.41, 5.74) is 2.57. The first-order chi connectivity index (χ1) is 13.1. The molecule has 0 spiro atoms. The summed E-state index contributed by atoms with van der Waals surface area (Å²) < 4.78 is 13.4. The number of carbonyl (C=O) groups excluding carboxylic acids is 2. The van der Waals surface area contributed by atoms with Crippen LogP contribution in [0.15, 0.2) is 48.5 Å². The molecule has 3 aliphatic heterocycles. The average molecular weight is 365 g/mol. The van der Waals surface area contributed by atoms with Gasteiger partial charge < -0.3 is 0 Å². The SMILES string of the molecule is Cc1ccc(N2C(=O)[C@@H]3[C@@H](C2=O)N2CCCN2[C@H]3c2ccc(F)cc2)cc1. The number of nitrogens with zero attached hydrogens (tertiary/aromatic N) is 3. The predicted molar refractivity (Wildman–Crippen MR) is 98.1 cm³/mol. The zero-order chi connectivity index (χ0) is 18.7. The van der Waals surface area contributed by atoms with Crippen LogP contribution in [0.2, 0.25) is 0 Å². The number of amides is 2. The van der Waals surface area contributed by atoms with E-state index in [2.05, 4.69) is 5.01 Å². The zero-order valence-electron chi connectivity index (χ0n) is 15.0. The molecule has 0 bridgehead atoms. The van der Waals surface area contributed by atoms with Crippen LogP contribution in [0.25, 0.3) is 0 Å². The maximum atomic E-state index is 13.4. The number of benzene rings is 2. The molecule has 3 heterocycles. The van der Waals surface area contributed by atoms with E-state index < -0.39 is 12.0 Å². The Kier molecular flexibility index (Phi) is 3.67. The molecule has 27 heavy (non-hydrogen) atoms. The van der Waals surface area contributed by atoms with Crippen LogP contribution in [-0.4, -0.2) is 41.0 Å². The predicted octanol–water partition coefficient (Wildman–Crippen LogP) is 2.67. The molecule has 0 unspecified atom stereocenters. The Morgan fingerprint density at radius 2 is 1.48 bits per heavy atom. The van der Waals surface area contributed by atoms with Gasteiger partial charge in [-0.2, -0.15) is 0 Å². The van der Waals surface area contributed by atoms with Crippen LogP contribution in [0.4, 0.5) is 10.1 Å². The third-order valence-corrected chi connectivity index (χ3v) is 5.91. The van der Waals surface area contributed by atoms with Crippen molar-refractivity contribution < 1.29 is 14.0 Å². The second-order valence-electron chi connectivity index (χ2n) is 7.49. The minimum atomic E-state index is -0.476. The number of fused-ring (bicyclic) bond motifs is 3. The molecule has 138 valence electrons. The van der Waals surface area contributed by atoms with Crippen molar-refractivity contribution in [2.45, 2.75) is 25.4 Å². The minimum absolute atomic E-state index is 0.162. The van der Waals surface area contributed by atoms with E-state index in [-0.39, 0.29) is 23.7 Å². The highest BCUT2D eigenvalue weighted by atomic mass is 19.1. The number of hydrazine groups is 1. The first-order valence-corrected chi connectivity index (χ1v) is 9.29. The molecule has 3 atom stereocenters. The fraction of sp³-hybridized carbons (Fsp3) is 0.333. The Balaban J connectivity index is 1.57. The Hall–Kier alpha value is -2.57. The van der Waals surface area contributed by atoms with Crippen molar-refractivity contribution in [3.8, 4) is 0 Å². The van der Waals surface area contributed by atoms with Crippen LogP contribution in [-0.2, 0) is 9.59 Å². The molecule has 0 aromatic heterocycles. The molecule has 0 N–H and O–H groups in total. The fourth-order valence-corrected chi connectivity index (χ4v) is 4.72. The second-order valence-corrected chi connectivity index (χ2v) is 7.49. The Bertz CT molecular complexity index is 912. The number of hydrogen-bond acceptors (Lipinski definition) is 4. The molecule has 5 nitrogen and oxygen atoms in total. The minimum Gasteiger partial charge on any atom is -0.274 e. The van der Waals surface area contributed by atoms with Gasteiger partial charge in [0.1, 0.15) is 11.9 Å². The molecule has 2 amide bonds. The Morgan fingerprint density at radius 1 is 0.852 bits per heavy atom. The summed E-state index contributed by atoms with van der Waals surface area (Å²) in [5, 5.41) is 4.18. The number of hydrogen-bond donors (Lipinski definition) is 0. The monoisotopic (exact) mass is 365 g/mol. The molecule has 0 radical (unpaired) electrons. The van der Waals surface area contributed by atoms with Gasteiger partial charge >= 0.3 is 0 Å². The third kappa shape index (κ3) is 2.37. The lowest BCUT2D eigenvalue weighted by Crippen LogP contribution is -2.44. The summed E-state index contributed by atoms with van der Waals surface area (Å²) in [6.45, 7) is 3.54. The largest absolute Gasteiger partial charge is 0.274 e. The zero-order valence-corrected chi connectivity index (χ0v) is 15.0. The van der Waals surface area contributed by atoms with Crippen LogP contribution in [0.3, 0.4) is 0 Å². The number of rotatable bonds is 2. The van der Waals surface area contributed by atoms with Gasteiger partial charge in [-0.1, -0.05) is 29.8 Å². The topological polar surface area (TPSA) is 43.9 Å². The molecule has 5 rings (SSSR count). The summed E-state index contributed by atoms with van der Waals surface area (Å²) in [6, 6.07) is 13.0. The highest BCUT2D eigenvalue weighted by Crippen LogP contribution is 2.48.